The minimum absolute atomic E-state index is 0.137. The fourth-order valence-corrected chi connectivity index (χ4v) is 6.50. The van der Waals surface area contributed by atoms with Crippen LogP contribution in [0.5, 0.6) is 0 Å². The first-order chi connectivity index (χ1) is 26.2. The predicted molar refractivity (Wildman–Crippen MR) is 219 cm³/mol. The van der Waals surface area contributed by atoms with E-state index in [0.717, 1.165) is 51.4 Å². The number of carbonyl (C=O) groups is 2. The third-order valence-electron chi connectivity index (χ3n) is 9.05. The van der Waals surface area contributed by atoms with E-state index in [0.29, 0.717) is 12.8 Å². The molecule has 0 amide bonds. The number of esters is 2. The van der Waals surface area contributed by atoms with Crippen molar-refractivity contribution in [2.24, 2.45) is 0 Å². The van der Waals surface area contributed by atoms with Gasteiger partial charge in [-0.25, -0.2) is 4.57 Å². The van der Waals surface area contributed by atoms with Gasteiger partial charge in [-0.2, -0.15) is 0 Å². The van der Waals surface area contributed by atoms with Gasteiger partial charge in [-0.3, -0.25) is 18.6 Å². The molecule has 10 nitrogen and oxygen atoms in total. The van der Waals surface area contributed by atoms with Gasteiger partial charge in [-0.15, -0.1) is 0 Å². The maximum absolute atomic E-state index is 12.6. The lowest BCUT2D eigenvalue weighted by Gasteiger charge is -2.20. The summed E-state index contributed by atoms with van der Waals surface area (Å²) in [4.78, 5) is 34.9. The molecule has 0 spiro atoms. The van der Waals surface area contributed by atoms with Gasteiger partial charge >= 0.3 is 19.8 Å². The summed E-state index contributed by atoms with van der Waals surface area (Å²) in [7, 11) is -4.62. The minimum Gasteiger partial charge on any atom is -0.462 e. The number of rotatable bonds is 40. The van der Waals surface area contributed by atoms with Crippen molar-refractivity contribution in [2.75, 3.05) is 26.4 Å². The van der Waals surface area contributed by atoms with Crippen molar-refractivity contribution < 1.29 is 47.8 Å². The number of phosphoric ester groups is 1. The van der Waals surface area contributed by atoms with Crippen molar-refractivity contribution in [2.45, 2.75) is 199 Å². The van der Waals surface area contributed by atoms with E-state index >= 15 is 0 Å². The van der Waals surface area contributed by atoms with Crippen molar-refractivity contribution in [3.63, 3.8) is 0 Å². The van der Waals surface area contributed by atoms with Gasteiger partial charge in [0.25, 0.3) is 0 Å². The summed E-state index contributed by atoms with van der Waals surface area (Å²) in [5, 5.41) is 18.3. The minimum atomic E-state index is -4.62. The average Bonchev–Trinajstić information content (AvgIpc) is 3.16. The van der Waals surface area contributed by atoms with Gasteiger partial charge in [0.15, 0.2) is 6.10 Å². The summed E-state index contributed by atoms with van der Waals surface area (Å²) >= 11 is 0. The molecule has 0 aromatic heterocycles. The Bertz CT molecular complexity index is 999. The van der Waals surface area contributed by atoms with Crippen LogP contribution in [-0.4, -0.2) is 65.7 Å². The van der Waals surface area contributed by atoms with Crippen LogP contribution in [0.15, 0.2) is 36.5 Å². The van der Waals surface area contributed by atoms with Gasteiger partial charge in [0, 0.05) is 12.8 Å². The Morgan fingerprint density at radius 2 is 0.963 bits per heavy atom. The Labute approximate surface area is 329 Å². The maximum Gasteiger partial charge on any atom is 0.472 e. The predicted octanol–water partition coefficient (Wildman–Crippen LogP) is 11.2. The van der Waals surface area contributed by atoms with Crippen LogP contribution in [0.1, 0.15) is 187 Å². The zero-order chi connectivity index (χ0) is 39.8. The van der Waals surface area contributed by atoms with Gasteiger partial charge in [0.2, 0.25) is 0 Å². The number of aliphatic hydroxyl groups is 2. The number of allylic oxidation sites excluding steroid dienone is 6. The lowest BCUT2D eigenvalue weighted by atomic mass is 10.0. The van der Waals surface area contributed by atoms with Gasteiger partial charge < -0.3 is 24.6 Å². The summed E-state index contributed by atoms with van der Waals surface area (Å²) in [6.45, 7) is 2.32. The van der Waals surface area contributed by atoms with E-state index in [1.165, 1.54) is 96.3 Å². The van der Waals surface area contributed by atoms with E-state index in [9.17, 15) is 24.2 Å². The van der Waals surface area contributed by atoms with Crippen LogP contribution in [0.3, 0.4) is 0 Å². The Morgan fingerprint density at radius 3 is 1.48 bits per heavy atom. The molecule has 54 heavy (non-hydrogen) atoms. The standard InChI is InChI=1S/C43H79O10P/c1-3-5-7-9-11-13-15-17-19-21-22-24-26-28-30-32-34-42(46)50-38-41(39-52-54(48,49)51-37-40(45)36-44)53-43(47)35-33-31-29-27-25-23-20-18-16-14-12-10-8-6-4-2/h12,14,18,20,25,27,40-41,44-45H,3-11,13,15-17,19,21-24,26,28-39H2,1-2H3,(H,48,49)/b14-12+,20-18+,27-25+/t40-,41+/m0/s1. The number of hydrogen-bond acceptors (Lipinski definition) is 9. The molecule has 0 aromatic rings. The van der Waals surface area contributed by atoms with Gasteiger partial charge in [-0.05, 0) is 51.4 Å². The van der Waals surface area contributed by atoms with Crippen molar-refractivity contribution in [1.29, 1.82) is 0 Å². The topological polar surface area (TPSA) is 149 Å². The molecule has 0 heterocycles. The second-order valence-electron chi connectivity index (χ2n) is 14.4. The molecule has 0 aromatic carbocycles. The number of hydrogen-bond donors (Lipinski definition) is 3. The molecule has 0 bridgehead atoms. The number of phosphoric acid groups is 1. The van der Waals surface area contributed by atoms with E-state index in [1.54, 1.807) is 0 Å². The summed E-state index contributed by atoms with van der Waals surface area (Å²) in [5.74, 6) is -0.965. The molecule has 0 saturated carbocycles. The Hall–Kier alpha value is -1.81. The van der Waals surface area contributed by atoms with Gasteiger partial charge in [0.1, 0.15) is 12.7 Å². The van der Waals surface area contributed by atoms with Crippen LogP contribution < -0.4 is 0 Å². The quantitative estimate of drug-likeness (QED) is 0.0237. The van der Waals surface area contributed by atoms with Crippen LogP contribution in [0.25, 0.3) is 0 Å². The molecule has 0 saturated heterocycles. The number of ether oxygens (including phenoxy) is 2. The molecule has 0 radical (unpaired) electrons. The van der Waals surface area contributed by atoms with Crippen molar-refractivity contribution >= 4 is 19.8 Å². The van der Waals surface area contributed by atoms with Gasteiger partial charge in [-0.1, -0.05) is 159 Å². The largest absolute Gasteiger partial charge is 0.472 e. The second-order valence-corrected chi connectivity index (χ2v) is 15.8. The second kappa shape index (κ2) is 39.4. The summed E-state index contributed by atoms with van der Waals surface area (Å²) < 4.78 is 32.6. The maximum atomic E-state index is 12.6. The van der Waals surface area contributed by atoms with Gasteiger partial charge in [0.05, 0.1) is 19.8 Å². The summed E-state index contributed by atoms with van der Waals surface area (Å²) in [5.41, 5.74) is 0. The monoisotopic (exact) mass is 787 g/mol. The van der Waals surface area contributed by atoms with Crippen LogP contribution >= 0.6 is 7.82 Å². The Kier molecular flexibility index (Phi) is 38.1. The first-order valence-corrected chi connectivity index (χ1v) is 22.9. The van der Waals surface area contributed by atoms with Crippen LogP contribution in [-0.2, 0) is 32.7 Å². The zero-order valence-corrected chi connectivity index (χ0v) is 35.1. The molecule has 0 aliphatic carbocycles. The highest BCUT2D eigenvalue weighted by Gasteiger charge is 2.27. The summed E-state index contributed by atoms with van der Waals surface area (Å²) in [6, 6.07) is 0. The van der Waals surface area contributed by atoms with Crippen molar-refractivity contribution in [1.82, 2.24) is 0 Å². The Balaban J connectivity index is 4.35. The average molecular weight is 787 g/mol. The molecule has 0 aliphatic rings. The van der Waals surface area contributed by atoms with E-state index in [4.69, 9.17) is 19.1 Å². The van der Waals surface area contributed by atoms with E-state index in [1.807, 2.05) is 0 Å². The fraction of sp³-hybridized carbons (Fsp3) is 0.814. The fourth-order valence-electron chi connectivity index (χ4n) is 5.71. The number of aliphatic hydroxyl groups excluding tert-OH is 2. The lowest BCUT2D eigenvalue weighted by Crippen LogP contribution is -2.29. The van der Waals surface area contributed by atoms with E-state index < -0.39 is 51.8 Å². The molecule has 0 aliphatic heterocycles. The SMILES string of the molecule is CCCCC/C=C/C/C=C/C/C=C/CCCCC(=O)O[C@H](COC(=O)CCCCCCCCCCCCCCCCCC)COP(=O)(O)OC[C@@H](O)CO. The Morgan fingerprint density at radius 1 is 0.556 bits per heavy atom. The molecule has 11 heteroatoms. The summed E-state index contributed by atoms with van der Waals surface area (Å²) in [6.07, 6.45) is 39.7. The highest BCUT2D eigenvalue weighted by atomic mass is 31.2. The molecular formula is C43H79O10P. The highest BCUT2D eigenvalue weighted by Crippen LogP contribution is 2.43. The van der Waals surface area contributed by atoms with E-state index in [-0.39, 0.29) is 19.4 Å². The first-order valence-electron chi connectivity index (χ1n) is 21.4. The molecule has 1 unspecified atom stereocenters. The third-order valence-corrected chi connectivity index (χ3v) is 10.00. The van der Waals surface area contributed by atoms with Crippen LogP contribution in [0.4, 0.5) is 0 Å². The lowest BCUT2D eigenvalue weighted by molar-refractivity contribution is -0.161. The molecule has 0 rings (SSSR count). The van der Waals surface area contributed by atoms with E-state index in [2.05, 4.69) is 54.8 Å². The van der Waals surface area contributed by atoms with Crippen LogP contribution in [0, 0.1) is 0 Å². The first kappa shape index (κ1) is 52.2. The number of unbranched alkanes of at least 4 members (excludes halogenated alkanes) is 20. The number of carbonyl (C=O) groups excluding carboxylic acids is 2. The van der Waals surface area contributed by atoms with Crippen molar-refractivity contribution in [3.05, 3.63) is 36.5 Å². The van der Waals surface area contributed by atoms with Crippen molar-refractivity contribution in [3.8, 4) is 0 Å². The normalized spacial score (nSPS) is 14.2. The molecule has 0 fully saturated rings. The molecule has 3 atom stereocenters. The highest BCUT2D eigenvalue weighted by molar-refractivity contribution is 7.47. The van der Waals surface area contributed by atoms with Crippen LogP contribution in [0.2, 0.25) is 0 Å². The third kappa shape index (κ3) is 38.5. The zero-order valence-electron chi connectivity index (χ0n) is 34.2. The smallest absolute Gasteiger partial charge is 0.462 e. The molecule has 316 valence electrons. The molecule has 3 N–H and O–H groups in total. The molecular weight excluding hydrogens is 707 g/mol.